The quantitative estimate of drug-likeness (QED) is 0.851. The van der Waals surface area contributed by atoms with E-state index in [4.69, 9.17) is 5.26 Å². The van der Waals surface area contributed by atoms with Crippen LogP contribution < -0.4 is 0 Å². The Bertz CT molecular complexity index is 583. The van der Waals surface area contributed by atoms with E-state index in [9.17, 15) is 9.18 Å². The number of Topliss-reactive ketones (excluding diaryl/α,β-unsaturated/α-hetero) is 1. The van der Waals surface area contributed by atoms with Crippen LogP contribution in [0.1, 0.15) is 43.2 Å². The predicted molar refractivity (Wildman–Crippen MR) is 81.6 cm³/mol. The lowest BCUT2D eigenvalue weighted by atomic mass is 9.84. The molecule has 2 aliphatic rings. The molecule has 2 nitrogen and oxygen atoms in total. The first-order valence-corrected chi connectivity index (χ1v) is 8.46. The van der Waals surface area contributed by atoms with Gasteiger partial charge in [-0.3, -0.25) is 4.79 Å². The van der Waals surface area contributed by atoms with E-state index in [1.165, 1.54) is 31.4 Å². The Morgan fingerprint density at radius 1 is 1.33 bits per heavy atom. The Balaban J connectivity index is 1.70. The fraction of sp³-hybridized carbons (Fsp3) is 0.529. The zero-order valence-corrected chi connectivity index (χ0v) is 12.7. The van der Waals surface area contributed by atoms with E-state index in [0.717, 1.165) is 12.8 Å². The Labute approximate surface area is 128 Å². The van der Waals surface area contributed by atoms with Crippen molar-refractivity contribution in [1.82, 2.24) is 0 Å². The van der Waals surface area contributed by atoms with E-state index in [0.29, 0.717) is 16.1 Å². The number of hydrogen-bond donors (Lipinski definition) is 0. The minimum atomic E-state index is -0.425. The molecule has 0 N–H and O–H groups in total. The van der Waals surface area contributed by atoms with Gasteiger partial charge in [-0.05, 0) is 43.4 Å². The largest absolute Gasteiger partial charge is 0.299 e. The van der Waals surface area contributed by atoms with Crippen LogP contribution in [0.4, 0.5) is 4.39 Å². The van der Waals surface area contributed by atoms with E-state index >= 15 is 0 Å². The number of halogens is 1. The molecule has 1 aromatic carbocycles. The van der Waals surface area contributed by atoms with Crippen molar-refractivity contribution in [3.8, 4) is 6.07 Å². The van der Waals surface area contributed by atoms with Gasteiger partial charge >= 0.3 is 0 Å². The first-order chi connectivity index (χ1) is 10.2. The normalized spacial score (nSPS) is 27.9. The van der Waals surface area contributed by atoms with Gasteiger partial charge in [-0.2, -0.15) is 17.0 Å². The molecule has 2 bridgehead atoms. The molecule has 0 spiro atoms. The van der Waals surface area contributed by atoms with Crippen molar-refractivity contribution < 1.29 is 9.18 Å². The molecule has 2 aliphatic heterocycles. The highest BCUT2D eigenvalue weighted by Crippen LogP contribution is 2.44. The fourth-order valence-corrected chi connectivity index (χ4v) is 5.30. The minimum absolute atomic E-state index is 0.123. The van der Waals surface area contributed by atoms with Crippen LogP contribution in [0.3, 0.4) is 0 Å². The van der Waals surface area contributed by atoms with E-state index < -0.39 is 5.82 Å². The van der Waals surface area contributed by atoms with Gasteiger partial charge in [0.1, 0.15) is 11.6 Å². The summed E-state index contributed by atoms with van der Waals surface area (Å²) < 4.78 is 13.1. The van der Waals surface area contributed by atoms with Crippen LogP contribution in [-0.2, 0) is 11.2 Å². The summed E-state index contributed by atoms with van der Waals surface area (Å²) in [6.45, 7) is 0. The van der Waals surface area contributed by atoms with Gasteiger partial charge in [0.05, 0.1) is 11.6 Å². The number of ketones is 1. The van der Waals surface area contributed by atoms with Crippen molar-refractivity contribution in [3.05, 3.63) is 35.1 Å². The summed E-state index contributed by atoms with van der Waals surface area (Å²) >= 11 is 2.06. The topological polar surface area (TPSA) is 40.9 Å². The third-order valence-electron chi connectivity index (χ3n) is 4.54. The average Bonchev–Trinajstić information content (AvgIpc) is 2.48. The lowest BCUT2D eigenvalue weighted by Crippen LogP contribution is -2.33. The number of nitrogens with zero attached hydrogens (tertiary/aromatic N) is 1. The highest BCUT2D eigenvalue weighted by molar-refractivity contribution is 8.00. The molecule has 2 saturated heterocycles. The second-order valence-corrected chi connectivity index (χ2v) is 7.64. The van der Waals surface area contributed by atoms with Crippen molar-refractivity contribution in [3.63, 3.8) is 0 Å². The molecule has 21 heavy (non-hydrogen) atoms. The number of benzene rings is 1. The van der Waals surface area contributed by atoms with E-state index in [-0.39, 0.29) is 23.7 Å². The monoisotopic (exact) mass is 303 g/mol. The molecule has 3 rings (SSSR count). The zero-order valence-electron chi connectivity index (χ0n) is 11.8. The standard InChI is InChI=1S/C17H18FNOS/c18-14-5-4-11(13(6-14)10-19)9-17(20)12-7-15-2-1-3-16(8-12)21-15/h4-6,12,15-16H,1-3,7-9H2. The van der Waals surface area contributed by atoms with Crippen molar-refractivity contribution >= 4 is 17.5 Å². The summed E-state index contributed by atoms with van der Waals surface area (Å²) in [5, 5.41) is 10.3. The molecule has 2 heterocycles. The molecule has 0 amide bonds. The summed E-state index contributed by atoms with van der Waals surface area (Å²) in [5.41, 5.74) is 0.945. The second kappa shape index (κ2) is 6.19. The van der Waals surface area contributed by atoms with E-state index in [2.05, 4.69) is 11.8 Å². The Kier molecular flexibility index (Phi) is 4.30. The molecule has 2 atom stereocenters. The summed E-state index contributed by atoms with van der Waals surface area (Å²) in [6, 6.07) is 6.11. The van der Waals surface area contributed by atoms with Crippen LogP contribution in [0.5, 0.6) is 0 Å². The molecule has 0 saturated carbocycles. The molecule has 0 radical (unpaired) electrons. The number of carbonyl (C=O) groups is 1. The highest BCUT2D eigenvalue weighted by atomic mass is 32.2. The molecule has 110 valence electrons. The van der Waals surface area contributed by atoms with Crippen molar-refractivity contribution in [2.75, 3.05) is 0 Å². The number of rotatable bonds is 3. The molecule has 0 aliphatic carbocycles. The van der Waals surface area contributed by atoms with Gasteiger partial charge < -0.3 is 0 Å². The van der Waals surface area contributed by atoms with Gasteiger partial charge in [-0.1, -0.05) is 12.5 Å². The molecule has 4 heteroatoms. The number of thioether (sulfide) groups is 1. The molecular weight excluding hydrogens is 285 g/mol. The number of nitriles is 1. The Morgan fingerprint density at radius 3 is 2.71 bits per heavy atom. The highest BCUT2D eigenvalue weighted by Gasteiger charge is 2.35. The first-order valence-electron chi connectivity index (χ1n) is 7.52. The predicted octanol–water partition coefficient (Wildman–Crippen LogP) is 3.87. The van der Waals surface area contributed by atoms with Gasteiger partial charge in [0, 0.05) is 22.8 Å². The van der Waals surface area contributed by atoms with Gasteiger partial charge in [0.2, 0.25) is 0 Å². The van der Waals surface area contributed by atoms with Crippen LogP contribution in [-0.4, -0.2) is 16.3 Å². The van der Waals surface area contributed by atoms with Crippen LogP contribution >= 0.6 is 11.8 Å². The average molecular weight is 303 g/mol. The maximum absolute atomic E-state index is 13.1. The third kappa shape index (κ3) is 3.29. The summed E-state index contributed by atoms with van der Waals surface area (Å²) in [4.78, 5) is 12.5. The number of carbonyl (C=O) groups excluding carboxylic acids is 1. The van der Waals surface area contributed by atoms with Gasteiger partial charge in [0.15, 0.2) is 0 Å². The Hall–Kier alpha value is -1.34. The summed E-state index contributed by atoms with van der Waals surface area (Å²) in [7, 11) is 0. The zero-order chi connectivity index (χ0) is 14.8. The summed E-state index contributed by atoms with van der Waals surface area (Å²) in [5.74, 6) is -0.0835. The Morgan fingerprint density at radius 2 is 2.05 bits per heavy atom. The maximum atomic E-state index is 13.1. The molecule has 2 fully saturated rings. The van der Waals surface area contributed by atoms with Gasteiger partial charge in [0.25, 0.3) is 0 Å². The molecule has 2 unspecified atom stereocenters. The smallest absolute Gasteiger partial charge is 0.140 e. The van der Waals surface area contributed by atoms with Gasteiger partial charge in [-0.15, -0.1) is 0 Å². The third-order valence-corrected chi connectivity index (χ3v) is 6.17. The van der Waals surface area contributed by atoms with Crippen molar-refractivity contribution in [2.24, 2.45) is 5.92 Å². The first kappa shape index (κ1) is 14.6. The fourth-order valence-electron chi connectivity index (χ4n) is 3.46. The van der Waals surface area contributed by atoms with Crippen LogP contribution in [0.25, 0.3) is 0 Å². The van der Waals surface area contributed by atoms with Crippen molar-refractivity contribution in [1.29, 1.82) is 5.26 Å². The molecule has 1 aromatic rings. The van der Waals surface area contributed by atoms with Crippen molar-refractivity contribution in [2.45, 2.75) is 49.0 Å². The summed E-state index contributed by atoms with van der Waals surface area (Å²) in [6.07, 6.45) is 5.96. The lowest BCUT2D eigenvalue weighted by molar-refractivity contribution is -0.122. The molecular formula is C17H18FNOS. The van der Waals surface area contributed by atoms with Crippen LogP contribution in [0.2, 0.25) is 0 Å². The minimum Gasteiger partial charge on any atom is -0.299 e. The van der Waals surface area contributed by atoms with Crippen LogP contribution in [0, 0.1) is 23.1 Å². The number of hydrogen-bond acceptors (Lipinski definition) is 3. The van der Waals surface area contributed by atoms with Crippen LogP contribution in [0.15, 0.2) is 18.2 Å². The lowest BCUT2D eigenvalue weighted by Gasteiger charge is -2.38. The number of fused-ring (bicyclic) bond motifs is 2. The van der Waals surface area contributed by atoms with E-state index in [1.54, 1.807) is 6.07 Å². The van der Waals surface area contributed by atoms with Gasteiger partial charge in [-0.25, -0.2) is 4.39 Å². The maximum Gasteiger partial charge on any atom is 0.140 e. The SMILES string of the molecule is N#Cc1cc(F)ccc1CC(=O)C1CC2CCCC(C1)S2. The second-order valence-electron chi connectivity index (χ2n) is 6.04. The van der Waals surface area contributed by atoms with E-state index in [1.807, 2.05) is 6.07 Å². The molecule has 0 aromatic heterocycles.